The average Bonchev–Trinajstić information content (AvgIpc) is 2.24. The maximum absolute atomic E-state index is 10.5. The molecule has 1 rings (SSSR count). The zero-order valence-electron chi connectivity index (χ0n) is 9.01. The number of rotatable bonds is 6. The van der Waals surface area contributed by atoms with E-state index in [-0.39, 0.29) is 11.4 Å². The van der Waals surface area contributed by atoms with Gasteiger partial charge in [-0.05, 0) is 17.7 Å². The van der Waals surface area contributed by atoms with Crippen molar-refractivity contribution in [1.29, 1.82) is 0 Å². The zero-order chi connectivity index (χ0) is 12.0. The van der Waals surface area contributed by atoms with Crippen molar-refractivity contribution in [1.82, 2.24) is 0 Å². The van der Waals surface area contributed by atoms with Gasteiger partial charge in [0.15, 0.2) is 0 Å². The molecule has 0 aliphatic rings. The van der Waals surface area contributed by atoms with Gasteiger partial charge in [-0.1, -0.05) is 0 Å². The lowest BCUT2D eigenvalue weighted by Gasteiger charge is -2.04. The number of anilines is 1. The molecule has 6 heteroatoms. The van der Waals surface area contributed by atoms with E-state index in [4.69, 9.17) is 15.2 Å². The number of benzene rings is 1. The number of ether oxygens (including phenoxy) is 2. The van der Waals surface area contributed by atoms with Crippen LogP contribution < -0.4 is 5.73 Å². The van der Waals surface area contributed by atoms with Crippen LogP contribution in [0.15, 0.2) is 18.2 Å². The molecular weight excluding hydrogens is 212 g/mol. The van der Waals surface area contributed by atoms with E-state index in [0.717, 1.165) is 5.56 Å². The van der Waals surface area contributed by atoms with Gasteiger partial charge in [-0.15, -0.1) is 0 Å². The number of hydrogen-bond acceptors (Lipinski definition) is 5. The highest BCUT2D eigenvalue weighted by molar-refractivity contribution is 5.59. The Balaban J connectivity index is 2.56. The van der Waals surface area contributed by atoms with Crippen LogP contribution >= 0.6 is 0 Å². The Kier molecular flexibility index (Phi) is 4.68. The molecule has 0 fully saturated rings. The summed E-state index contributed by atoms with van der Waals surface area (Å²) in [4.78, 5) is 10.0. The summed E-state index contributed by atoms with van der Waals surface area (Å²) in [5, 5.41) is 10.5. The van der Waals surface area contributed by atoms with Gasteiger partial charge in [0.05, 0.1) is 24.7 Å². The summed E-state index contributed by atoms with van der Waals surface area (Å²) >= 11 is 0. The third kappa shape index (κ3) is 3.48. The molecule has 2 N–H and O–H groups in total. The standard InChI is InChI=1S/C10H14N2O4/c1-15-4-5-16-7-8-2-3-10(12(13)14)9(11)6-8/h2-3,6H,4-5,7,11H2,1H3. The predicted octanol–water partition coefficient (Wildman–Crippen LogP) is 1.34. The largest absolute Gasteiger partial charge is 0.393 e. The number of nitrogens with zero attached hydrogens (tertiary/aromatic N) is 1. The normalized spacial score (nSPS) is 10.3. The molecule has 0 saturated carbocycles. The van der Waals surface area contributed by atoms with Gasteiger partial charge >= 0.3 is 0 Å². The van der Waals surface area contributed by atoms with E-state index in [1.54, 1.807) is 19.2 Å². The molecule has 0 atom stereocenters. The summed E-state index contributed by atoms with van der Waals surface area (Å²) in [6.45, 7) is 1.36. The second kappa shape index (κ2) is 6.04. The van der Waals surface area contributed by atoms with Crippen LogP contribution in [0.5, 0.6) is 0 Å². The number of nitrogen functional groups attached to an aromatic ring is 1. The Morgan fingerprint density at radius 1 is 1.44 bits per heavy atom. The number of nitro groups is 1. The monoisotopic (exact) mass is 226 g/mol. The van der Waals surface area contributed by atoms with Gasteiger partial charge in [-0.25, -0.2) is 0 Å². The number of nitro benzene ring substituents is 1. The summed E-state index contributed by atoms with van der Waals surface area (Å²) in [6.07, 6.45) is 0. The Morgan fingerprint density at radius 2 is 2.19 bits per heavy atom. The molecule has 0 saturated heterocycles. The number of nitrogens with two attached hydrogens (primary N) is 1. The maximum Gasteiger partial charge on any atom is 0.292 e. The van der Waals surface area contributed by atoms with Gasteiger partial charge in [0.25, 0.3) is 5.69 Å². The van der Waals surface area contributed by atoms with E-state index in [0.29, 0.717) is 19.8 Å². The molecule has 1 aromatic rings. The Bertz CT molecular complexity index is 368. The van der Waals surface area contributed by atoms with Gasteiger partial charge in [0.2, 0.25) is 0 Å². The molecule has 16 heavy (non-hydrogen) atoms. The topological polar surface area (TPSA) is 87.6 Å². The van der Waals surface area contributed by atoms with Crippen molar-refractivity contribution < 1.29 is 14.4 Å². The lowest BCUT2D eigenvalue weighted by molar-refractivity contribution is -0.383. The smallest absolute Gasteiger partial charge is 0.292 e. The third-order valence-corrected chi connectivity index (χ3v) is 1.99. The van der Waals surface area contributed by atoms with Gasteiger partial charge < -0.3 is 15.2 Å². The highest BCUT2D eigenvalue weighted by Crippen LogP contribution is 2.22. The fourth-order valence-corrected chi connectivity index (χ4v) is 1.19. The second-order valence-corrected chi connectivity index (χ2v) is 3.20. The van der Waals surface area contributed by atoms with Crippen molar-refractivity contribution in [2.75, 3.05) is 26.1 Å². The second-order valence-electron chi connectivity index (χ2n) is 3.20. The fourth-order valence-electron chi connectivity index (χ4n) is 1.19. The lowest BCUT2D eigenvalue weighted by Crippen LogP contribution is -2.03. The Morgan fingerprint density at radius 3 is 2.75 bits per heavy atom. The quantitative estimate of drug-likeness (QED) is 0.342. The molecular formula is C10H14N2O4. The van der Waals surface area contributed by atoms with Crippen LogP contribution in [0.2, 0.25) is 0 Å². The zero-order valence-corrected chi connectivity index (χ0v) is 9.01. The Hall–Kier alpha value is -1.66. The molecule has 0 unspecified atom stereocenters. The first-order chi connectivity index (χ1) is 7.65. The first-order valence-corrected chi connectivity index (χ1v) is 4.74. The first-order valence-electron chi connectivity index (χ1n) is 4.74. The van der Waals surface area contributed by atoms with Crippen LogP contribution in [0.3, 0.4) is 0 Å². The third-order valence-electron chi connectivity index (χ3n) is 1.99. The fraction of sp³-hybridized carbons (Fsp3) is 0.400. The van der Waals surface area contributed by atoms with Crippen LogP contribution in [0.25, 0.3) is 0 Å². The van der Waals surface area contributed by atoms with Crippen LogP contribution in [0, 0.1) is 10.1 Å². The summed E-state index contributed by atoms with van der Waals surface area (Å²) < 4.78 is 10.1. The molecule has 88 valence electrons. The first kappa shape index (κ1) is 12.4. The summed E-state index contributed by atoms with van der Waals surface area (Å²) in [7, 11) is 1.59. The van der Waals surface area contributed by atoms with Gasteiger partial charge in [-0.3, -0.25) is 10.1 Å². The number of methoxy groups -OCH3 is 1. The van der Waals surface area contributed by atoms with Crippen molar-refractivity contribution in [3.05, 3.63) is 33.9 Å². The van der Waals surface area contributed by atoms with Gasteiger partial charge in [0.1, 0.15) is 5.69 Å². The maximum atomic E-state index is 10.5. The summed E-state index contributed by atoms with van der Waals surface area (Å²) in [6, 6.07) is 4.55. The van der Waals surface area contributed by atoms with Crippen molar-refractivity contribution >= 4 is 11.4 Å². The van der Waals surface area contributed by atoms with Crippen LogP contribution in [-0.2, 0) is 16.1 Å². The predicted molar refractivity (Wildman–Crippen MR) is 59.0 cm³/mol. The van der Waals surface area contributed by atoms with E-state index in [9.17, 15) is 10.1 Å². The van der Waals surface area contributed by atoms with E-state index >= 15 is 0 Å². The molecule has 0 bridgehead atoms. The van der Waals surface area contributed by atoms with E-state index in [2.05, 4.69) is 0 Å². The molecule has 0 amide bonds. The highest BCUT2D eigenvalue weighted by Gasteiger charge is 2.10. The van der Waals surface area contributed by atoms with Crippen molar-refractivity contribution in [3.63, 3.8) is 0 Å². The Labute approximate surface area is 93.1 Å². The van der Waals surface area contributed by atoms with E-state index < -0.39 is 4.92 Å². The van der Waals surface area contributed by atoms with Gasteiger partial charge in [-0.2, -0.15) is 0 Å². The molecule has 0 aliphatic carbocycles. The molecule has 1 aromatic carbocycles. The molecule has 0 radical (unpaired) electrons. The molecule has 6 nitrogen and oxygen atoms in total. The van der Waals surface area contributed by atoms with Crippen molar-refractivity contribution in [2.24, 2.45) is 0 Å². The minimum Gasteiger partial charge on any atom is -0.393 e. The lowest BCUT2D eigenvalue weighted by atomic mass is 10.2. The van der Waals surface area contributed by atoms with Crippen molar-refractivity contribution in [3.8, 4) is 0 Å². The summed E-state index contributed by atoms with van der Waals surface area (Å²) in [5.41, 5.74) is 6.40. The minimum absolute atomic E-state index is 0.0827. The van der Waals surface area contributed by atoms with Crippen molar-refractivity contribution in [2.45, 2.75) is 6.61 Å². The molecule has 0 aliphatic heterocycles. The molecule has 0 spiro atoms. The number of hydrogen-bond donors (Lipinski definition) is 1. The van der Waals surface area contributed by atoms with Crippen LogP contribution in [-0.4, -0.2) is 25.2 Å². The SMILES string of the molecule is COCCOCc1ccc([N+](=O)[O-])c(N)c1. The summed E-state index contributed by atoms with van der Waals surface area (Å²) in [5.74, 6) is 0. The van der Waals surface area contributed by atoms with Crippen LogP contribution in [0.1, 0.15) is 5.56 Å². The van der Waals surface area contributed by atoms with E-state index in [1.165, 1.54) is 6.07 Å². The minimum atomic E-state index is -0.509. The van der Waals surface area contributed by atoms with E-state index in [1.807, 2.05) is 0 Å². The molecule has 0 aromatic heterocycles. The highest BCUT2D eigenvalue weighted by atomic mass is 16.6. The average molecular weight is 226 g/mol. The molecule has 0 heterocycles. The van der Waals surface area contributed by atoms with Crippen LogP contribution in [0.4, 0.5) is 11.4 Å². The van der Waals surface area contributed by atoms with Gasteiger partial charge in [0, 0.05) is 13.2 Å².